The number of hydrogen-bond donors (Lipinski definition) is 0. The van der Waals surface area contributed by atoms with Crippen LogP contribution in [0, 0.1) is 6.92 Å². The Balaban J connectivity index is 2.92. The molecule has 0 fully saturated rings. The molecule has 0 atom stereocenters. The SMILES string of the molecule is Cc1ncnc2c(S(=O)(=O)C(F)F)cc(Cl)cc12. The summed E-state index contributed by atoms with van der Waals surface area (Å²) in [6.07, 6.45) is 1.12. The number of aromatic nitrogens is 2. The van der Waals surface area contributed by atoms with Gasteiger partial charge in [0.15, 0.2) is 0 Å². The Morgan fingerprint density at radius 3 is 2.56 bits per heavy atom. The van der Waals surface area contributed by atoms with Crippen LogP contribution in [0.3, 0.4) is 0 Å². The molecular weight excluding hydrogens is 286 g/mol. The van der Waals surface area contributed by atoms with Crippen molar-refractivity contribution in [3.05, 3.63) is 29.2 Å². The number of halogens is 3. The third kappa shape index (κ3) is 2.04. The molecule has 18 heavy (non-hydrogen) atoms. The van der Waals surface area contributed by atoms with E-state index in [2.05, 4.69) is 9.97 Å². The molecule has 0 bridgehead atoms. The smallest absolute Gasteiger partial charge is 0.241 e. The molecule has 2 rings (SSSR count). The standard InChI is InChI=1S/C10H7ClF2N2O2S/c1-5-7-2-6(11)3-8(9(7)15-4-14-5)18(16,17)10(12)13/h2-4,10H,1H3. The predicted molar refractivity (Wildman–Crippen MR) is 62.5 cm³/mol. The lowest BCUT2D eigenvalue weighted by atomic mass is 10.2. The summed E-state index contributed by atoms with van der Waals surface area (Å²) >= 11 is 5.74. The maximum Gasteiger partial charge on any atom is 0.341 e. The number of aryl methyl sites for hydroxylation is 1. The van der Waals surface area contributed by atoms with Crippen LogP contribution in [0.25, 0.3) is 10.9 Å². The summed E-state index contributed by atoms with van der Waals surface area (Å²) < 4.78 is 48.2. The Labute approximate surface area is 107 Å². The average Bonchev–Trinajstić information content (AvgIpc) is 2.29. The van der Waals surface area contributed by atoms with Gasteiger partial charge in [-0.05, 0) is 19.1 Å². The molecular formula is C10H7ClF2N2O2S. The summed E-state index contributed by atoms with van der Waals surface area (Å²) in [5.41, 5.74) is 0.417. The minimum Gasteiger partial charge on any atom is -0.241 e. The molecule has 0 radical (unpaired) electrons. The molecule has 0 aliphatic carbocycles. The number of fused-ring (bicyclic) bond motifs is 1. The summed E-state index contributed by atoms with van der Waals surface area (Å²) in [6.45, 7) is 1.61. The van der Waals surface area contributed by atoms with E-state index in [0.717, 1.165) is 12.4 Å². The second-order valence-electron chi connectivity index (χ2n) is 3.56. The van der Waals surface area contributed by atoms with Gasteiger partial charge in [0.05, 0.1) is 5.52 Å². The van der Waals surface area contributed by atoms with Crippen molar-refractivity contribution in [2.45, 2.75) is 17.6 Å². The third-order valence-corrected chi connectivity index (χ3v) is 4.02. The minimum absolute atomic E-state index is 0.0413. The summed E-state index contributed by atoms with van der Waals surface area (Å²) in [5, 5.41) is 0.379. The Bertz CT molecular complexity index is 719. The molecule has 0 spiro atoms. The molecule has 0 N–H and O–H groups in total. The monoisotopic (exact) mass is 292 g/mol. The van der Waals surface area contributed by atoms with Gasteiger partial charge in [-0.2, -0.15) is 8.78 Å². The summed E-state index contributed by atoms with van der Waals surface area (Å²) in [7, 11) is -4.75. The molecule has 2 aromatic rings. The summed E-state index contributed by atoms with van der Waals surface area (Å²) in [6, 6.07) is 2.41. The first-order valence-electron chi connectivity index (χ1n) is 4.77. The first-order chi connectivity index (χ1) is 8.34. The van der Waals surface area contributed by atoms with Gasteiger partial charge in [0.1, 0.15) is 11.2 Å². The molecule has 0 saturated heterocycles. The highest BCUT2D eigenvalue weighted by Crippen LogP contribution is 2.30. The van der Waals surface area contributed by atoms with Crippen LogP contribution in [0.4, 0.5) is 8.78 Å². The first-order valence-corrected chi connectivity index (χ1v) is 6.69. The van der Waals surface area contributed by atoms with E-state index in [-0.39, 0.29) is 10.5 Å². The molecule has 0 aliphatic rings. The Morgan fingerprint density at radius 2 is 1.94 bits per heavy atom. The lowest BCUT2D eigenvalue weighted by Gasteiger charge is -2.08. The van der Waals surface area contributed by atoms with Gasteiger partial charge in [-0.1, -0.05) is 11.6 Å². The maximum absolute atomic E-state index is 12.6. The van der Waals surface area contributed by atoms with E-state index in [9.17, 15) is 17.2 Å². The first kappa shape index (κ1) is 13.1. The third-order valence-electron chi connectivity index (χ3n) is 2.41. The zero-order valence-electron chi connectivity index (χ0n) is 9.06. The number of alkyl halides is 2. The second-order valence-corrected chi connectivity index (χ2v) is 5.89. The van der Waals surface area contributed by atoms with Gasteiger partial charge >= 0.3 is 5.76 Å². The minimum atomic E-state index is -4.75. The Morgan fingerprint density at radius 1 is 1.28 bits per heavy atom. The van der Waals surface area contributed by atoms with Crippen molar-refractivity contribution in [3.8, 4) is 0 Å². The fraction of sp³-hybridized carbons (Fsp3) is 0.200. The molecule has 96 valence electrons. The van der Waals surface area contributed by atoms with Crippen molar-refractivity contribution in [2.24, 2.45) is 0 Å². The molecule has 4 nitrogen and oxygen atoms in total. The molecule has 1 heterocycles. The number of rotatable bonds is 2. The summed E-state index contributed by atoms with van der Waals surface area (Å²) in [5.74, 6) is -3.52. The van der Waals surface area contributed by atoms with Gasteiger partial charge in [-0.15, -0.1) is 0 Å². The zero-order chi connectivity index (χ0) is 13.5. The molecule has 0 aliphatic heterocycles. The zero-order valence-corrected chi connectivity index (χ0v) is 10.6. The highest BCUT2D eigenvalue weighted by Gasteiger charge is 2.29. The van der Waals surface area contributed by atoms with E-state index >= 15 is 0 Å². The number of sulfone groups is 1. The molecule has 1 aromatic heterocycles. The number of nitrogens with zero attached hydrogens (tertiary/aromatic N) is 2. The van der Waals surface area contributed by atoms with E-state index in [0.29, 0.717) is 11.1 Å². The largest absolute Gasteiger partial charge is 0.341 e. The van der Waals surface area contributed by atoms with Crippen molar-refractivity contribution in [1.29, 1.82) is 0 Å². The van der Waals surface area contributed by atoms with Crippen LogP contribution in [-0.4, -0.2) is 24.1 Å². The number of hydrogen-bond acceptors (Lipinski definition) is 4. The van der Waals surface area contributed by atoms with Gasteiger partial charge in [0.2, 0.25) is 9.84 Å². The fourth-order valence-electron chi connectivity index (χ4n) is 1.54. The van der Waals surface area contributed by atoms with E-state index < -0.39 is 20.5 Å². The van der Waals surface area contributed by atoms with Crippen LogP contribution in [0.15, 0.2) is 23.4 Å². The van der Waals surface area contributed by atoms with Crippen LogP contribution in [0.1, 0.15) is 5.69 Å². The Hall–Kier alpha value is -1.34. The highest BCUT2D eigenvalue weighted by molar-refractivity contribution is 7.92. The van der Waals surface area contributed by atoms with Gasteiger partial charge in [0.25, 0.3) is 0 Å². The van der Waals surface area contributed by atoms with Crippen LogP contribution in [0.2, 0.25) is 5.02 Å². The maximum atomic E-state index is 12.6. The fourth-order valence-corrected chi connectivity index (χ4v) is 2.74. The molecule has 8 heteroatoms. The summed E-state index contributed by atoms with van der Waals surface area (Å²) in [4.78, 5) is 7.04. The van der Waals surface area contributed by atoms with Crippen LogP contribution < -0.4 is 0 Å². The topological polar surface area (TPSA) is 59.9 Å². The van der Waals surface area contributed by atoms with Crippen LogP contribution >= 0.6 is 11.6 Å². The van der Waals surface area contributed by atoms with E-state index in [1.54, 1.807) is 6.92 Å². The van der Waals surface area contributed by atoms with E-state index in [4.69, 9.17) is 11.6 Å². The second kappa shape index (κ2) is 4.40. The Kier molecular flexibility index (Phi) is 3.20. The molecule has 0 saturated carbocycles. The quantitative estimate of drug-likeness (QED) is 0.853. The van der Waals surface area contributed by atoms with Crippen molar-refractivity contribution in [2.75, 3.05) is 0 Å². The van der Waals surface area contributed by atoms with Crippen molar-refractivity contribution < 1.29 is 17.2 Å². The normalized spacial score (nSPS) is 12.3. The highest BCUT2D eigenvalue weighted by atomic mass is 35.5. The molecule has 0 unspecified atom stereocenters. The van der Waals surface area contributed by atoms with Crippen LogP contribution in [-0.2, 0) is 9.84 Å². The van der Waals surface area contributed by atoms with Gasteiger partial charge in [-0.3, -0.25) is 0 Å². The lowest BCUT2D eigenvalue weighted by molar-refractivity contribution is 0.235. The van der Waals surface area contributed by atoms with Crippen molar-refractivity contribution in [3.63, 3.8) is 0 Å². The number of benzene rings is 1. The van der Waals surface area contributed by atoms with Gasteiger partial charge in [0, 0.05) is 16.1 Å². The lowest BCUT2D eigenvalue weighted by Crippen LogP contribution is -2.12. The molecule has 0 amide bonds. The van der Waals surface area contributed by atoms with Crippen molar-refractivity contribution >= 4 is 32.3 Å². The van der Waals surface area contributed by atoms with Gasteiger partial charge in [-0.25, -0.2) is 18.4 Å². The van der Waals surface area contributed by atoms with E-state index in [1.807, 2.05) is 0 Å². The molecule has 1 aromatic carbocycles. The van der Waals surface area contributed by atoms with E-state index in [1.165, 1.54) is 6.07 Å². The van der Waals surface area contributed by atoms with Crippen LogP contribution in [0.5, 0.6) is 0 Å². The predicted octanol–water partition coefficient (Wildman–Crippen LogP) is 2.59. The van der Waals surface area contributed by atoms with Gasteiger partial charge < -0.3 is 0 Å². The van der Waals surface area contributed by atoms with Crippen molar-refractivity contribution in [1.82, 2.24) is 9.97 Å². The average molecular weight is 293 g/mol.